The first-order valence-corrected chi connectivity index (χ1v) is 7.31. The maximum Gasteiger partial charge on any atom is 0.311 e. The van der Waals surface area contributed by atoms with Gasteiger partial charge < -0.3 is 10.1 Å². The van der Waals surface area contributed by atoms with E-state index in [2.05, 4.69) is 17.4 Å². The SMILES string of the molecule is O=C(OCc1ccccc1)[C@H](Cc1ccccc1)[C@H]1CN1. The molecule has 0 bridgehead atoms. The molecule has 1 saturated heterocycles. The molecule has 2 aromatic rings. The number of hydrogen-bond acceptors (Lipinski definition) is 3. The van der Waals surface area contributed by atoms with Crippen LogP contribution in [0.25, 0.3) is 0 Å². The normalized spacial score (nSPS) is 18.0. The van der Waals surface area contributed by atoms with E-state index in [4.69, 9.17) is 4.74 Å². The van der Waals surface area contributed by atoms with Crippen LogP contribution in [-0.2, 0) is 22.6 Å². The number of esters is 1. The minimum Gasteiger partial charge on any atom is -0.461 e. The highest BCUT2D eigenvalue weighted by Gasteiger charge is 2.36. The van der Waals surface area contributed by atoms with Crippen molar-refractivity contribution in [3.05, 3.63) is 71.8 Å². The lowest BCUT2D eigenvalue weighted by atomic mass is 9.96. The molecular weight excluding hydrogens is 262 g/mol. The van der Waals surface area contributed by atoms with Crippen LogP contribution in [0.2, 0.25) is 0 Å². The van der Waals surface area contributed by atoms with E-state index in [1.54, 1.807) is 0 Å². The molecule has 1 N–H and O–H groups in total. The summed E-state index contributed by atoms with van der Waals surface area (Å²) in [5, 5.41) is 3.23. The molecule has 1 aliphatic rings. The Kier molecular flexibility index (Phi) is 4.31. The molecule has 0 saturated carbocycles. The minimum absolute atomic E-state index is 0.101. The summed E-state index contributed by atoms with van der Waals surface area (Å²) in [4.78, 5) is 12.3. The molecule has 2 aromatic carbocycles. The van der Waals surface area contributed by atoms with E-state index in [1.165, 1.54) is 5.56 Å². The molecule has 0 aromatic heterocycles. The predicted molar refractivity (Wildman–Crippen MR) is 81.7 cm³/mol. The van der Waals surface area contributed by atoms with Crippen LogP contribution in [0.5, 0.6) is 0 Å². The van der Waals surface area contributed by atoms with Gasteiger partial charge in [0.25, 0.3) is 0 Å². The van der Waals surface area contributed by atoms with Gasteiger partial charge in [-0.3, -0.25) is 4.79 Å². The Balaban J connectivity index is 1.60. The van der Waals surface area contributed by atoms with Gasteiger partial charge in [0.05, 0.1) is 5.92 Å². The third kappa shape index (κ3) is 3.92. The van der Waals surface area contributed by atoms with Crippen molar-refractivity contribution in [1.82, 2.24) is 5.32 Å². The lowest BCUT2D eigenvalue weighted by molar-refractivity contribution is -0.149. The summed E-state index contributed by atoms with van der Waals surface area (Å²) in [5.74, 6) is -0.214. The van der Waals surface area contributed by atoms with Crippen LogP contribution in [0.15, 0.2) is 60.7 Å². The first-order valence-electron chi connectivity index (χ1n) is 7.31. The van der Waals surface area contributed by atoms with E-state index in [9.17, 15) is 4.79 Å². The third-order valence-corrected chi connectivity index (χ3v) is 3.75. The van der Waals surface area contributed by atoms with Gasteiger partial charge in [0.15, 0.2) is 0 Å². The van der Waals surface area contributed by atoms with Crippen molar-refractivity contribution in [2.75, 3.05) is 6.54 Å². The molecule has 21 heavy (non-hydrogen) atoms. The van der Waals surface area contributed by atoms with Crippen LogP contribution in [0.3, 0.4) is 0 Å². The zero-order chi connectivity index (χ0) is 14.5. The van der Waals surface area contributed by atoms with Gasteiger partial charge in [-0.25, -0.2) is 0 Å². The van der Waals surface area contributed by atoms with E-state index >= 15 is 0 Å². The van der Waals surface area contributed by atoms with E-state index < -0.39 is 0 Å². The second kappa shape index (κ2) is 6.55. The highest BCUT2D eigenvalue weighted by atomic mass is 16.5. The number of ether oxygens (including phenoxy) is 1. The van der Waals surface area contributed by atoms with Crippen LogP contribution in [0.4, 0.5) is 0 Å². The van der Waals surface area contributed by atoms with Gasteiger partial charge in [0, 0.05) is 12.6 Å². The van der Waals surface area contributed by atoms with E-state index in [0.29, 0.717) is 6.61 Å². The Morgan fingerprint density at radius 1 is 1.05 bits per heavy atom. The summed E-state index contributed by atoms with van der Waals surface area (Å²) >= 11 is 0. The zero-order valence-electron chi connectivity index (χ0n) is 11.9. The highest BCUT2D eigenvalue weighted by molar-refractivity contribution is 5.74. The Morgan fingerprint density at radius 3 is 2.19 bits per heavy atom. The molecule has 1 fully saturated rings. The van der Waals surface area contributed by atoms with Crippen molar-refractivity contribution in [3.8, 4) is 0 Å². The maximum absolute atomic E-state index is 12.3. The summed E-state index contributed by atoms with van der Waals surface area (Å²) in [6.07, 6.45) is 0.728. The molecule has 1 heterocycles. The van der Waals surface area contributed by atoms with Crippen LogP contribution in [0, 0.1) is 5.92 Å². The first-order chi connectivity index (χ1) is 10.3. The van der Waals surface area contributed by atoms with Crippen molar-refractivity contribution < 1.29 is 9.53 Å². The van der Waals surface area contributed by atoms with E-state index in [1.807, 2.05) is 48.5 Å². The number of benzene rings is 2. The minimum atomic E-state index is -0.113. The highest BCUT2D eigenvalue weighted by Crippen LogP contribution is 2.20. The van der Waals surface area contributed by atoms with Gasteiger partial charge in [-0.05, 0) is 17.5 Å². The molecule has 3 heteroatoms. The molecule has 108 valence electrons. The summed E-state index contributed by atoms with van der Waals surface area (Å²) < 4.78 is 5.48. The molecule has 3 rings (SSSR count). The molecule has 0 radical (unpaired) electrons. The molecule has 3 nitrogen and oxygen atoms in total. The summed E-state index contributed by atoms with van der Waals surface area (Å²) in [6, 6.07) is 20.2. The largest absolute Gasteiger partial charge is 0.461 e. The van der Waals surface area contributed by atoms with Crippen LogP contribution < -0.4 is 5.32 Å². The van der Waals surface area contributed by atoms with Crippen LogP contribution >= 0.6 is 0 Å². The smallest absolute Gasteiger partial charge is 0.311 e. The quantitative estimate of drug-likeness (QED) is 0.654. The number of rotatable bonds is 6. The number of carbonyl (C=O) groups is 1. The van der Waals surface area contributed by atoms with Gasteiger partial charge in [0.2, 0.25) is 0 Å². The van der Waals surface area contributed by atoms with Gasteiger partial charge in [-0.1, -0.05) is 60.7 Å². The van der Waals surface area contributed by atoms with Gasteiger partial charge >= 0.3 is 5.97 Å². The van der Waals surface area contributed by atoms with Crippen molar-refractivity contribution in [2.45, 2.75) is 19.1 Å². The summed E-state index contributed by atoms with van der Waals surface area (Å²) in [6.45, 7) is 1.25. The monoisotopic (exact) mass is 281 g/mol. The molecule has 0 amide bonds. The van der Waals surface area contributed by atoms with Gasteiger partial charge in [0.1, 0.15) is 6.61 Å². The third-order valence-electron chi connectivity index (χ3n) is 3.75. The summed E-state index contributed by atoms with van der Waals surface area (Å²) in [5.41, 5.74) is 2.20. The lowest BCUT2D eigenvalue weighted by Gasteiger charge is -2.15. The standard InChI is InChI=1S/C18H19NO2/c20-18(21-13-15-9-5-2-6-10-15)16(17-12-19-17)11-14-7-3-1-4-8-14/h1-10,16-17,19H,11-13H2/t16-,17-/m1/s1. The molecular formula is C18H19NO2. The molecule has 0 spiro atoms. The average Bonchev–Trinajstić information content (AvgIpc) is 3.37. The second-order valence-corrected chi connectivity index (χ2v) is 5.40. The van der Waals surface area contributed by atoms with Crippen molar-refractivity contribution >= 4 is 5.97 Å². The zero-order valence-corrected chi connectivity index (χ0v) is 11.9. The van der Waals surface area contributed by atoms with Crippen molar-refractivity contribution in [3.63, 3.8) is 0 Å². The average molecular weight is 281 g/mol. The Hall–Kier alpha value is -2.13. The fraction of sp³-hybridized carbons (Fsp3) is 0.278. The number of carbonyl (C=O) groups excluding carboxylic acids is 1. The Morgan fingerprint density at radius 2 is 1.62 bits per heavy atom. The summed E-state index contributed by atoms with van der Waals surface area (Å²) in [7, 11) is 0. The number of hydrogen-bond donors (Lipinski definition) is 1. The number of nitrogens with one attached hydrogen (secondary N) is 1. The molecule has 2 atom stereocenters. The topological polar surface area (TPSA) is 48.2 Å². The Bertz CT molecular complexity index is 579. The van der Waals surface area contributed by atoms with Gasteiger partial charge in [-0.15, -0.1) is 0 Å². The predicted octanol–water partition coefficient (Wildman–Crippen LogP) is 2.56. The van der Waals surface area contributed by atoms with Gasteiger partial charge in [-0.2, -0.15) is 0 Å². The van der Waals surface area contributed by atoms with Crippen molar-refractivity contribution in [2.24, 2.45) is 5.92 Å². The lowest BCUT2D eigenvalue weighted by Crippen LogP contribution is -2.26. The van der Waals surface area contributed by atoms with E-state index in [-0.39, 0.29) is 17.9 Å². The van der Waals surface area contributed by atoms with E-state index in [0.717, 1.165) is 18.5 Å². The second-order valence-electron chi connectivity index (χ2n) is 5.40. The van der Waals surface area contributed by atoms with Crippen LogP contribution in [0.1, 0.15) is 11.1 Å². The molecule has 0 unspecified atom stereocenters. The fourth-order valence-corrected chi connectivity index (χ4v) is 2.45. The van der Waals surface area contributed by atoms with Crippen LogP contribution in [-0.4, -0.2) is 18.6 Å². The Labute approximate surface area is 124 Å². The fourth-order valence-electron chi connectivity index (χ4n) is 2.45. The molecule has 0 aliphatic carbocycles. The first kappa shape index (κ1) is 13.8. The van der Waals surface area contributed by atoms with Crippen molar-refractivity contribution in [1.29, 1.82) is 0 Å². The molecule has 1 aliphatic heterocycles. The maximum atomic E-state index is 12.3.